The Labute approximate surface area is 628 Å². The molecule has 3 aliphatic rings. The molecule has 9 aromatic carbocycles. The number of halogens is 3. The van der Waals surface area contributed by atoms with Crippen LogP contribution in [0.25, 0.3) is 71.6 Å². The molecule has 0 saturated carbocycles. The number of rotatable bonds is 15. The number of methoxy groups -OCH3 is 4. The number of carbonyl (C=O) groups excluding carboxylic acids is 2. The number of nitrogens with zero attached hydrogens (tertiary/aromatic N) is 8. The summed E-state index contributed by atoms with van der Waals surface area (Å²) in [4.78, 5) is 25.6. The molecule has 0 N–H and O–H groups in total. The second-order valence-electron chi connectivity index (χ2n) is 25.1. The average Bonchev–Trinajstić information content (AvgIpc) is 1.61. The van der Waals surface area contributed by atoms with Crippen LogP contribution in [0, 0.1) is 46.7 Å². The zero-order valence-electron chi connectivity index (χ0n) is 61.1. The van der Waals surface area contributed by atoms with Gasteiger partial charge in [0.2, 0.25) is 20.4 Å². The number of carbonyl (C=O) groups is 2. The summed E-state index contributed by atoms with van der Waals surface area (Å²) in [7, 11) is 6.42. The third kappa shape index (κ3) is 14.9. The molecular weight excluding hydrogens is 1410 g/mol. The summed E-state index contributed by atoms with van der Waals surface area (Å²) in [6, 6.07) is 56.4. The summed E-state index contributed by atoms with van der Waals surface area (Å²) < 4.78 is 111. The molecule has 22 nitrogen and oxygen atoms in total. The van der Waals surface area contributed by atoms with Crippen molar-refractivity contribution < 1.29 is 79.6 Å². The van der Waals surface area contributed by atoms with Crippen LogP contribution >= 0.6 is 0 Å². The first-order chi connectivity index (χ1) is 53.4. The van der Waals surface area contributed by atoms with E-state index in [4.69, 9.17) is 62.6 Å². The van der Waals surface area contributed by atoms with E-state index in [0.29, 0.717) is 79.0 Å². The third-order valence-corrected chi connectivity index (χ3v) is 18.5. The normalized spacial score (nSPS) is 11.9. The maximum absolute atomic E-state index is 13.2. The van der Waals surface area contributed by atoms with Gasteiger partial charge in [-0.1, -0.05) is 0 Å². The van der Waals surface area contributed by atoms with Crippen LogP contribution in [0.5, 0.6) is 63.2 Å². The topological polar surface area (TPSA) is 241 Å². The van der Waals surface area contributed by atoms with Gasteiger partial charge >= 0.3 is 12.6 Å². The van der Waals surface area contributed by atoms with E-state index in [0.717, 1.165) is 102 Å². The summed E-state index contributed by atoms with van der Waals surface area (Å²) in [5.74, 6) is 6.25. The van der Waals surface area contributed by atoms with E-state index in [1.165, 1.54) is 36.4 Å². The van der Waals surface area contributed by atoms with E-state index < -0.39 is 12.6 Å². The minimum absolute atomic E-state index is 0.0140. The second kappa shape index (κ2) is 32.3. The van der Waals surface area contributed by atoms with Gasteiger partial charge in [-0.15, -0.1) is 0 Å². The molecule has 110 heavy (non-hydrogen) atoms. The Balaban J connectivity index is 0.000000123. The van der Waals surface area contributed by atoms with Crippen LogP contribution < -0.4 is 52.1 Å². The molecule has 0 spiro atoms. The number of hydrogen-bond donors (Lipinski definition) is 0. The summed E-state index contributed by atoms with van der Waals surface area (Å²) >= 11 is 0. The Kier molecular flexibility index (Phi) is 21.8. The van der Waals surface area contributed by atoms with Gasteiger partial charge in [0.1, 0.15) is 52.8 Å². The summed E-state index contributed by atoms with van der Waals surface area (Å²) in [5, 5.41) is 31.7. The first-order valence-electron chi connectivity index (χ1n) is 34.6. The lowest BCUT2D eigenvalue weighted by atomic mass is 10.0. The number of alkyl halides is 2. The molecule has 25 heteroatoms. The Hall–Kier alpha value is -14.1. The molecule has 8 heterocycles. The molecule has 3 aliphatic heterocycles. The van der Waals surface area contributed by atoms with Gasteiger partial charge in [-0.3, -0.25) is 4.79 Å². The average molecular weight is 1490 g/mol. The van der Waals surface area contributed by atoms with Crippen LogP contribution in [0.1, 0.15) is 82.4 Å². The molecule has 0 amide bonds. The van der Waals surface area contributed by atoms with Crippen molar-refractivity contribution >= 4 is 66.3 Å². The lowest BCUT2D eigenvalue weighted by molar-refractivity contribution is -0.0497. The first kappa shape index (κ1) is 74.2. The fourth-order valence-corrected chi connectivity index (χ4v) is 13.2. The van der Waals surface area contributed by atoms with Gasteiger partial charge < -0.3 is 79.7 Å². The highest BCUT2D eigenvalue weighted by Crippen LogP contribution is 2.43. The standard InChI is InChI=1S/C23H18FNO3.C20H19F2NO4.C17H12N2O3.C13H12N2O2.C12H10N2O2/c1-27-18-9-7-17(8-10-18)25-14-21(20-12-11-19(28-2)13-22(20)25)23(26)15-3-5-16(24)6-4-15;1-4-26-19(24)18-12(2)23(13-5-7-14(25-3)8-6-13)17-11-15(27-20(21)22)9-10-16(17)18;1-20-13-4-2-12(3-5-13)19-9-11(8-18)14-6-16-17(7-15(14)19)22-10-21-16;1-8(2)15-6-9(5-14)10-3-12-13(4-11(10)15)17-7-16-12;1-2-14-6-8(5-13)9-3-11-12(4-10(9)14)16-7-15-11/h3-14H,1-2H3;5-11,20H,4H2,1-3H3;2-7,9H,10H2,1H3;3-4,6,8H,7H2,1-2H3;3-4,6H,2,7H2,1H3. The number of ketones is 1. The van der Waals surface area contributed by atoms with E-state index in [1.54, 1.807) is 71.2 Å². The van der Waals surface area contributed by atoms with Gasteiger partial charge in [-0.25, -0.2) is 9.18 Å². The lowest BCUT2D eigenvalue weighted by Crippen LogP contribution is -2.07. The zero-order valence-corrected chi connectivity index (χ0v) is 61.1. The number of aromatic nitrogens is 5. The number of esters is 1. The SMILES string of the molecule is CC(C)n1cc(C#N)c2cc3c(cc21)OCO3.CCOC(=O)c1c(C)n(-c2ccc(OC)cc2)c2cc(OC(F)F)ccc12.CCn1cc(C#N)c2cc3c(cc21)OCO3.COc1ccc(-n2cc(C#N)c3cc4c(cc32)OCO4)cc1.COc1ccc(-n2cc(C(=O)c3ccc(F)cc3)c3ccc(OC)cc32)cc1. The quantitative estimate of drug-likeness (QED) is 0.0684. The second-order valence-corrected chi connectivity index (χ2v) is 25.1. The Morgan fingerprint density at radius 1 is 0.473 bits per heavy atom. The third-order valence-electron chi connectivity index (χ3n) is 18.5. The maximum Gasteiger partial charge on any atom is 0.387 e. The molecule has 0 radical (unpaired) electrons. The van der Waals surface area contributed by atoms with Gasteiger partial charge in [0.25, 0.3) is 0 Å². The smallest absolute Gasteiger partial charge is 0.387 e. The molecule has 5 aromatic heterocycles. The molecule has 0 fully saturated rings. The molecule has 556 valence electrons. The van der Waals surface area contributed by atoms with Gasteiger partial charge in [0.05, 0.1) is 84.9 Å². The van der Waals surface area contributed by atoms with Crippen LogP contribution in [-0.2, 0) is 11.3 Å². The van der Waals surface area contributed by atoms with E-state index in [9.17, 15) is 28.0 Å². The summed E-state index contributed by atoms with van der Waals surface area (Å²) in [5.41, 5.74) is 10.9. The van der Waals surface area contributed by atoms with Crippen LogP contribution in [0.15, 0.2) is 195 Å². The molecule has 0 bridgehead atoms. The van der Waals surface area contributed by atoms with E-state index in [1.807, 2.05) is 154 Å². The van der Waals surface area contributed by atoms with Gasteiger partial charge in [-0.2, -0.15) is 24.6 Å². The Bertz CT molecular complexity index is 5920. The van der Waals surface area contributed by atoms with E-state index in [2.05, 4.69) is 41.4 Å². The highest BCUT2D eigenvalue weighted by atomic mass is 19.3. The first-order valence-corrected chi connectivity index (χ1v) is 34.6. The van der Waals surface area contributed by atoms with Crippen LogP contribution in [-0.4, -0.2) is 96.6 Å². The number of fused-ring (bicyclic) bond motifs is 8. The predicted octanol–water partition coefficient (Wildman–Crippen LogP) is 18.1. The van der Waals surface area contributed by atoms with Gasteiger partial charge in [-0.05, 0) is 174 Å². The van der Waals surface area contributed by atoms with Gasteiger partial charge in [0, 0.05) is 129 Å². The fourth-order valence-electron chi connectivity index (χ4n) is 13.2. The lowest BCUT2D eigenvalue weighted by Gasteiger charge is -2.11. The summed E-state index contributed by atoms with van der Waals surface area (Å²) in [6.45, 7) is 8.60. The van der Waals surface area contributed by atoms with Crippen LogP contribution in [0.2, 0.25) is 0 Å². The van der Waals surface area contributed by atoms with Crippen molar-refractivity contribution in [1.82, 2.24) is 22.8 Å². The number of aryl methyl sites for hydroxylation is 1. The van der Waals surface area contributed by atoms with Crippen molar-refractivity contribution in [2.45, 2.75) is 53.8 Å². The fraction of sp³-hybridized carbons (Fsp3) is 0.188. The van der Waals surface area contributed by atoms with E-state index in [-0.39, 0.29) is 44.3 Å². The van der Waals surface area contributed by atoms with Crippen molar-refractivity contribution in [3.05, 3.63) is 240 Å². The van der Waals surface area contributed by atoms with Crippen molar-refractivity contribution in [2.75, 3.05) is 55.4 Å². The maximum atomic E-state index is 13.2. The molecule has 0 aliphatic carbocycles. The van der Waals surface area contributed by atoms with Crippen molar-refractivity contribution in [2.24, 2.45) is 0 Å². The highest BCUT2D eigenvalue weighted by Gasteiger charge is 2.26. The number of nitriles is 3. The largest absolute Gasteiger partial charge is 0.497 e. The number of ether oxygens (including phenoxy) is 12. The predicted molar refractivity (Wildman–Crippen MR) is 406 cm³/mol. The van der Waals surface area contributed by atoms with Crippen LogP contribution in [0.4, 0.5) is 13.2 Å². The minimum Gasteiger partial charge on any atom is -0.497 e. The van der Waals surface area contributed by atoms with Crippen molar-refractivity contribution in [1.29, 1.82) is 15.8 Å². The minimum atomic E-state index is -2.93. The number of benzene rings is 9. The number of hydrogen-bond acceptors (Lipinski definition) is 17. The van der Waals surface area contributed by atoms with Crippen molar-refractivity contribution in [3.63, 3.8) is 0 Å². The molecule has 0 unspecified atom stereocenters. The molecule has 14 aromatic rings. The summed E-state index contributed by atoms with van der Waals surface area (Å²) in [6.07, 6.45) is 7.36. The molecular formula is C85H71F3N8O14. The van der Waals surface area contributed by atoms with Crippen LogP contribution in [0.3, 0.4) is 0 Å². The monoisotopic (exact) mass is 1480 g/mol. The molecule has 0 atom stereocenters. The van der Waals surface area contributed by atoms with E-state index >= 15 is 0 Å². The Morgan fingerprint density at radius 2 is 0.900 bits per heavy atom. The molecule has 17 rings (SSSR count). The Morgan fingerprint density at radius 3 is 1.40 bits per heavy atom. The highest BCUT2D eigenvalue weighted by molar-refractivity contribution is 6.17. The van der Waals surface area contributed by atoms with Gasteiger partial charge in [0.15, 0.2) is 40.3 Å². The zero-order chi connectivity index (χ0) is 77.4. The van der Waals surface area contributed by atoms with Crippen molar-refractivity contribution in [3.8, 4) is 98.5 Å². The molecule has 0 saturated heterocycles.